The molecule has 0 aromatic heterocycles. The minimum Gasteiger partial charge on any atom is -0.478 e. The van der Waals surface area contributed by atoms with E-state index in [1.165, 1.54) is 5.56 Å². The zero-order valence-corrected chi connectivity index (χ0v) is 15.7. The molecule has 5 heteroatoms. The number of aryl methyl sites for hydroxylation is 2. The Balaban J connectivity index is 1.69. The second-order valence-electron chi connectivity index (χ2n) is 6.85. The monoisotopic (exact) mass is 364 g/mol. The summed E-state index contributed by atoms with van der Waals surface area (Å²) in [5, 5.41) is 2.83. The van der Waals surface area contributed by atoms with Gasteiger partial charge in [-0.3, -0.25) is 9.59 Å². The molecule has 140 valence electrons. The summed E-state index contributed by atoms with van der Waals surface area (Å²) in [6.07, 6.45) is 0.836. The van der Waals surface area contributed by atoms with Gasteiger partial charge in [-0.2, -0.15) is 0 Å². The van der Waals surface area contributed by atoms with Crippen LogP contribution in [0.4, 0.5) is 5.69 Å². The zero-order chi connectivity index (χ0) is 19.4. The van der Waals surface area contributed by atoms with Crippen LogP contribution in [0.3, 0.4) is 0 Å². The standard InChI is InChI=1S/C22H24N2O3/c1-4-11-24(14-17-8-5-15(2)6-9-17)21(25)13-20-22(26)23-18-12-16(3)7-10-19(18)27-20/h4-10,12,20H,1,11,13-14H2,2-3H3,(H,23,26). The van der Waals surface area contributed by atoms with Crippen LogP contribution < -0.4 is 10.1 Å². The molecule has 0 aliphatic carbocycles. The van der Waals surface area contributed by atoms with E-state index in [9.17, 15) is 9.59 Å². The molecule has 0 radical (unpaired) electrons. The first-order valence-electron chi connectivity index (χ1n) is 8.98. The Bertz CT molecular complexity index is 858. The van der Waals surface area contributed by atoms with Gasteiger partial charge >= 0.3 is 0 Å². The van der Waals surface area contributed by atoms with E-state index in [2.05, 4.69) is 11.9 Å². The third-order valence-electron chi connectivity index (χ3n) is 4.51. The molecule has 1 unspecified atom stereocenters. The van der Waals surface area contributed by atoms with E-state index >= 15 is 0 Å². The molecule has 0 fully saturated rings. The highest BCUT2D eigenvalue weighted by atomic mass is 16.5. The van der Waals surface area contributed by atoms with Gasteiger partial charge in [0.15, 0.2) is 6.10 Å². The summed E-state index contributed by atoms with van der Waals surface area (Å²) >= 11 is 0. The van der Waals surface area contributed by atoms with E-state index in [0.717, 1.165) is 11.1 Å². The molecule has 1 N–H and O–H groups in total. The molecule has 2 amide bonds. The van der Waals surface area contributed by atoms with Gasteiger partial charge in [-0.25, -0.2) is 0 Å². The molecule has 27 heavy (non-hydrogen) atoms. The van der Waals surface area contributed by atoms with Gasteiger partial charge in [0, 0.05) is 13.1 Å². The van der Waals surface area contributed by atoms with Crippen molar-refractivity contribution >= 4 is 17.5 Å². The lowest BCUT2D eigenvalue weighted by atomic mass is 10.1. The molecule has 1 aliphatic rings. The molecule has 5 nitrogen and oxygen atoms in total. The molecule has 2 aromatic carbocycles. The Morgan fingerprint density at radius 3 is 2.59 bits per heavy atom. The fraction of sp³-hybridized carbons (Fsp3) is 0.273. The third kappa shape index (κ3) is 4.56. The Morgan fingerprint density at radius 2 is 1.89 bits per heavy atom. The Hall–Kier alpha value is -3.08. The van der Waals surface area contributed by atoms with Crippen molar-refractivity contribution in [3.05, 3.63) is 71.8 Å². The van der Waals surface area contributed by atoms with Gasteiger partial charge in [-0.15, -0.1) is 6.58 Å². The maximum absolute atomic E-state index is 12.8. The van der Waals surface area contributed by atoms with Crippen LogP contribution in [0.2, 0.25) is 0 Å². The number of benzene rings is 2. The van der Waals surface area contributed by atoms with Gasteiger partial charge in [0.25, 0.3) is 5.91 Å². The molecule has 0 saturated carbocycles. The number of amides is 2. The molecule has 2 aromatic rings. The van der Waals surface area contributed by atoms with Crippen LogP contribution in [0.5, 0.6) is 5.75 Å². The predicted octanol–water partition coefficient (Wildman–Crippen LogP) is 3.61. The number of fused-ring (bicyclic) bond motifs is 1. The summed E-state index contributed by atoms with van der Waals surface area (Å²) in [5.74, 6) is 0.147. The second kappa shape index (κ2) is 8.08. The van der Waals surface area contributed by atoms with Gasteiger partial charge in [0.1, 0.15) is 5.75 Å². The van der Waals surface area contributed by atoms with Gasteiger partial charge in [0.2, 0.25) is 5.91 Å². The topological polar surface area (TPSA) is 58.6 Å². The molecule has 1 aliphatic heterocycles. The Labute approximate surface area is 159 Å². The van der Waals surface area contributed by atoms with E-state index < -0.39 is 6.10 Å². The average Bonchev–Trinajstić information content (AvgIpc) is 2.64. The first kappa shape index (κ1) is 18.7. The maximum Gasteiger partial charge on any atom is 0.266 e. The number of hydrogen-bond donors (Lipinski definition) is 1. The fourth-order valence-electron chi connectivity index (χ4n) is 3.01. The zero-order valence-electron chi connectivity index (χ0n) is 15.7. The number of nitrogens with zero attached hydrogens (tertiary/aromatic N) is 1. The molecule has 0 spiro atoms. The largest absolute Gasteiger partial charge is 0.478 e. The van der Waals surface area contributed by atoms with Gasteiger partial charge in [-0.1, -0.05) is 42.0 Å². The summed E-state index contributed by atoms with van der Waals surface area (Å²) in [4.78, 5) is 26.8. The first-order chi connectivity index (χ1) is 13.0. The van der Waals surface area contributed by atoms with Crippen molar-refractivity contribution in [2.75, 3.05) is 11.9 Å². The number of anilines is 1. The summed E-state index contributed by atoms with van der Waals surface area (Å²) in [6, 6.07) is 13.6. The highest BCUT2D eigenvalue weighted by Crippen LogP contribution is 2.31. The van der Waals surface area contributed by atoms with E-state index in [1.807, 2.05) is 56.3 Å². The van der Waals surface area contributed by atoms with Crippen LogP contribution in [0.25, 0.3) is 0 Å². The van der Waals surface area contributed by atoms with Crippen molar-refractivity contribution in [1.29, 1.82) is 0 Å². The van der Waals surface area contributed by atoms with E-state index in [1.54, 1.807) is 11.0 Å². The Morgan fingerprint density at radius 1 is 1.19 bits per heavy atom. The number of nitrogens with one attached hydrogen (secondary N) is 1. The van der Waals surface area contributed by atoms with Crippen molar-refractivity contribution in [1.82, 2.24) is 4.90 Å². The highest BCUT2D eigenvalue weighted by molar-refractivity contribution is 6.00. The molecule has 1 atom stereocenters. The van der Waals surface area contributed by atoms with E-state index in [4.69, 9.17) is 4.74 Å². The minimum absolute atomic E-state index is 0.0150. The molecular formula is C22H24N2O3. The number of carbonyl (C=O) groups excluding carboxylic acids is 2. The fourth-order valence-corrected chi connectivity index (χ4v) is 3.01. The van der Waals surface area contributed by atoms with Crippen LogP contribution in [-0.2, 0) is 16.1 Å². The van der Waals surface area contributed by atoms with Crippen molar-refractivity contribution in [2.24, 2.45) is 0 Å². The number of rotatable bonds is 6. The molecule has 3 rings (SSSR count). The summed E-state index contributed by atoms with van der Waals surface area (Å²) in [5.41, 5.74) is 3.88. The number of hydrogen-bond acceptors (Lipinski definition) is 3. The second-order valence-corrected chi connectivity index (χ2v) is 6.85. The summed E-state index contributed by atoms with van der Waals surface area (Å²) in [7, 11) is 0. The molecular weight excluding hydrogens is 340 g/mol. The summed E-state index contributed by atoms with van der Waals surface area (Å²) in [6.45, 7) is 8.58. The average molecular weight is 364 g/mol. The SMILES string of the molecule is C=CCN(Cc1ccc(C)cc1)C(=O)CC1Oc2ccc(C)cc2NC1=O. The van der Waals surface area contributed by atoms with E-state index in [-0.39, 0.29) is 18.2 Å². The third-order valence-corrected chi connectivity index (χ3v) is 4.51. The summed E-state index contributed by atoms with van der Waals surface area (Å²) < 4.78 is 5.78. The van der Waals surface area contributed by atoms with Crippen LogP contribution in [0.15, 0.2) is 55.1 Å². The maximum atomic E-state index is 12.8. The molecule has 0 saturated heterocycles. The normalized spacial score (nSPS) is 15.3. The van der Waals surface area contributed by atoms with Gasteiger partial charge in [0.05, 0.1) is 12.1 Å². The van der Waals surface area contributed by atoms with Crippen LogP contribution in [-0.4, -0.2) is 29.4 Å². The van der Waals surface area contributed by atoms with Crippen molar-refractivity contribution in [3.63, 3.8) is 0 Å². The quantitative estimate of drug-likeness (QED) is 0.797. The lowest BCUT2D eigenvalue weighted by molar-refractivity contribution is -0.137. The first-order valence-corrected chi connectivity index (χ1v) is 8.98. The highest BCUT2D eigenvalue weighted by Gasteiger charge is 2.31. The number of carbonyl (C=O) groups is 2. The lowest BCUT2D eigenvalue weighted by Gasteiger charge is -2.28. The van der Waals surface area contributed by atoms with Crippen LogP contribution in [0, 0.1) is 13.8 Å². The molecule has 0 bridgehead atoms. The number of ether oxygens (including phenoxy) is 1. The molecule has 1 heterocycles. The van der Waals surface area contributed by atoms with Crippen molar-refractivity contribution < 1.29 is 14.3 Å². The predicted molar refractivity (Wildman–Crippen MR) is 106 cm³/mol. The smallest absolute Gasteiger partial charge is 0.266 e. The van der Waals surface area contributed by atoms with Gasteiger partial charge < -0.3 is 15.0 Å². The minimum atomic E-state index is -0.835. The van der Waals surface area contributed by atoms with E-state index in [0.29, 0.717) is 24.5 Å². The van der Waals surface area contributed by atoms with Crippen molar-refractivity contribution in [2.45, 2.75) is 32.9 Å². The van der Waals surface area contributed by atoms with Crippen LogP contribution in [0.1, 0.15) is 23.1 Å². The lowest BCUT2D eigenvalue weighted by Crippen LogP contribution is -2.42. The van der Waals surface area contributed by atoms with Gasteiger partial charge in [-0.05, 0) is 37.1 Å². The van der Waals surface area contributed by atoms with Crippen molar-refractivity contribution in [3.8, 4) is 5.75 Å². The Kier molecular flexibility index (Phi) is 5.60. The van der Waals surface area contributed by atoms with Crippen LogP contribution >= 0.6 is 0 Å².